The molecule has 1 aromatic carbocycles. The van der Waals surface area contributed by atoms with Gasteiger partial charge in [-0.25, -0.2) is 8.78 Å². The molecule has 0 aromatic heterocycles. The Morgan fingerprint density at radius 1 is 1.36 bits per heavy atom. The van der Waals surface area contributed by atoms with Crippen molar-refractivity contribution < 1.29 is 18.3 Å². The van der Waals surface area contributed by atoms with Crippen molar-refractivity contribution in [3.63, 3.8) is 0 Å². The van der Waals surface area contributed by atoms with Crippen LogP contribution in [-0.4, -0.2) is 5.11 Å². The van der Waals surface area contributed by atoms with Gasteiger partial charge in [0.25, 0.3) is 0 Å². The minimum absolute atomic E-state index is 0.357. The van der Waals surface area contributed by atoms with E-state index in [4.69, 9.17) is 10.4 Å². The van der Waals surface area contributed by atoms with E-state index in [0.29, 0.717) is 6.07 Å². The number of halogens is 3. The van der Waals surface area contributed by atoms with E-state index in [0.717, 1.165) is 0 Å². The third kappa shape index (κ3) is 1.51. The first kappa shape index (κ1) is 10.4. The molecule has 2 nitrogen and oxygen atoms in total. The zero-order chi connectivity index (χ0) is 10.9. The number of nitrogens with zero attached hydrogens (tertiary/aromatic N) is 1. The standard InChI is InChI=1S/C9H6F3NO/c1-4(3-13)5-2-6(10)8(12)9(14)7(5)11/h2,4,14H,1H3. The maximum atomic E-state index is 13.1. The van der Waals surface area contributed by atoms with E-state index >= 15 is 0 Å². The highest BCUT2D eigenvalue weighted by molar-refractivity contribution is 5.36. The molecule has 0 aliphatic carbocycles. The molecule has 0 aliphatic heterocycles. The lowest BCUT2D eigenvalue weighted by Crippen LogP contribution is -1.99. The second-order valence-electron chi connectivity index (χ2n) is 2.77. The van der Waals surface area contributed by atoms with Crippen LogP contribution < -0.4 is 0 Å². The number of phenols is 1. The van der Waals surface area contributed by atoms with Crippen molar-refractivity contribution in [2.75, 3.05) is 0 Å². The Hall–Kier alpha value is -1.70. The fourth-order valence-corrected chi connectivity index (χ4v) is 0.994. The second-order valence-corrected chi connectivity index (χ2v) is 2.77. The van der Waals surface area contributed by atoms with Crippen LogP contribution in [0.5, 0.6) is 5.75 Å². The third-order valence-corrected chi connectivity index (χ3v) is 1.82. The largest absolute Gasteiger partial charge is 0.503 e. The van der Waals surface area contributed by atoms with Gasteiger partial charge in [0.1, 0.15) is 0 Å². The number of nitriles is 1. The van der Waals surface area contributed by atoms with Crippen molar-refractivity contribution in [2.45, 2.75) is 12.8 Å². The Balaban J connectivity index is 3.42. The number of hydrogen-bond acceptors (Lipinski definition) is 2. The van der Waals surface area contributed by atoms with Crippen LogP contribution in [0, 0.1) is 28.8 Å². The number of aromatic hydroxyl groups is 1. The molecule has 0 bridgehead atoms. The molecule has 1 atom stereocenters. The normalized spacial score (nSPS) is 12.2. The van der Waals surface area contributed by atoms with Gasteiger partial charge >= 0.3 is 0 Å². The van der Waals surface area contributed by atoms with Crippen molar-refractivity contribution >= 4 is 0 Å². The average molecular weight is 201 g/mol. The van der Waals surface area contributed by atoms with Crippen molar-refractivity contribution in [1.82, 2.24) is 0 Å². The quantitative estimate of drug-likeness (QED) is 0.709. The highest BCUT2D eigenvalue weighted by Gasteiger charge is 2.21. The molecule has 0 radical (unpaired) electrons. The van der Waals surface area contributed by atoms with Gasteiger partial charge in [0.15, 0.2) is 17.4 Å². The summed E-state index contributed by atoms with van der Waals surface area (Å²) in [6.07, 6.45) is 0. The molecule has 1 aromatic rings. The predicted molar refractivity (Wildman–Crippen MR) is 42.0 cm³/mol. The fraction of sp³-hybridized carbons (Fsp3) is 0.222. The fourth-order valence-electron chi connectivity index (χ4n) is 0.994. The Kier molecular flexibility index (Phi) is 2.65. The SMILES string of the molecule is CC(C#N)c1cc(F)c(F)c(O)c1F. The van der Waals surface area contributed by atoms with Crippen molar-refractivity contribution in [3.8, 4) is 11.8 Å². The van der Waals surface area contributed by atoms with Gasteiger partial charge in [-0.15, -0.1) is 0 Å². The van der Waals surface area contributed by atoms with E-state index in [9.17, 15) is 13.2 Å². The lowest BCUT2D eigenvalue weighted by Gasteiger charge is -2.07. The molecule has 1 rings (SSSR count). The number of benzene rings is 1. The molecule has 14 heavy (non-hydrogen) atoms. The molecule has 0 amide bonds. The molecule has 0 saturated heterocycles. The summed E-state index contributed by atoms with van der Waals surface area (Å²) in [7, 11) is 0. The molecular weight excluding hydrogens is 195 g/mol. The summed E-state index contributed by atoms with van der Waals surface area (Å²) >= 11 is 0. The van der Waals surface area contributed by atoms with Gasteiger partial charge in [-0.2, -0.15) is 9.65 Å². The monoisotopic (exact) mass is 201 g/mol. The van der Waals surface area contributed by atoms with E-state index in [1.54, 1.807) is 6.07 Å². The highest BCUT2D eigenvalue weighted by atomic mass is 19.2. The number of rotatable bonds is 1. The van der Waals surface area contributed by atoms with Gasteiger partial charge < -0.3 is 5.11 Å². The first-order chi connectivity index (χ1) is 6.49. The Morgan fingerprint density at radius 2 is 1.93 bits per heavy atom. The maximum Gasteiger partial charge on any atom is 0.203 e. The van der Waals surface area contributed by atoms with Crippen LogP contribution in [0.15, 0.2) is 6.07 Å². The summed E-state index contributed by atoms with van der Waals surface area (Å²) in [5.41, 5.74) is -0.357. The molecule has 0 fully saturated rings. The van der Waals surface area contributed by atoms with Crippen LogP contribution >= 0.6 is 0 Å². The van der Waals surface area contributed by atoms with Gasteiger partial charge in [-0.05, 0) is 13.0 Å². The zero-order valence-electron chi connectivity index (χ0n) is 7.18. The Labute approximate surface area is 78.2 Å². The highest BCUT2D eigenvalue weighted by Crippen LogP contribution is 2.29. The summed E-state index contributed by atoms with van der Waals surface area (Å²) < 4.78 is 38.4. The van der Waals surface area contributed by atoms with Crippen molar-refractivity contribution in [1.29, 1.82) is 5.26 Å². The molecule has 0 aliphatic rings. The van der Waals surface area contributed by atoms with E-state index in [1.165, 1.54) is 6.92 Å². The van der Waals surface area contributed by atoms with E-state index < -0.39 is 29.1 Å². The first-order valence-electron chi connectivity index (χ1n) is 3.75. The lowest BCUT2D eigenvalue weighted by molar-refractivity contribution is 0.372. The van der Waals surface area contributed by atoms with E-state index in [-0.39, 0.29) is 5.56 Å². The third-order valence-electron chi connectivity index (χ3n) is 1.82. The molecule has 1 unspecified atom stereocenters. The zero-order valence-corrected chi connectivity index (χ0v) is 7.18. The smallest absolute Gasteiger partial charge is 0.203 e. The van der Waals surface area contributed by atoms with Crippen LogP contribution in [0.25, 0.3) is 0 Å². The first-order valence-corrected chi connectivity index (χ1v) is 3.75. The Morgan fingerprint density at radius 3 is 2.43 bits per heavy atom. The molecule has 1 N–H and O–H groups in total. The average Bonchev–Trinajstić information content (AvgIpc) is 2.19. The maximum absolute atomic E-state index is 13.1. The van der Waals surface area contributed by atoms with Crippen LogP contribution in [-0.2, 0) is 0 Å². The van der Waals surface area contributed by atoms with Gasteiger partial charge in [-0.3, -0.25) is 0 Å². The second kappa shape index (κ2) is 3.58. The molecule has 0 saturated carbocycles. The minimum Gasteiger partial charge on any atom is -0.503 e. The Bertz CT molecular complexity index is 411. The number of hydrogen-bond donors (Lipinski definition) is 1. The molecule has 74 valence electrons. The van der Waals surface area contributed by atoms with E-state index in [1.807, 2.05) is 0 Å². The van der Waals surface area contributed by atoms with Crippen LogP contribution in [0.2, 0.25) is 0 Å². The van der Waals surface area contributed by atoms with Gasteiger partial charge in [0, 0.05) is 5.56 Å². The minimum atomic E-state index is -1.64. The molecule has 5 heteroatoms. The van der Waals surface area contributed by atoms with Crippen LogP contribution in [0.1, 0.15) is 18.4 Å². The lowest BCUT2D eigenvalue weighted by atomic mass is 10.0. The van der Waals surface area contributed by atoms with Gasteiger partial charge in [0.05, 0.1) is 12.0 Å². The van der Waals surface area contributed by atoms with Gasteiger partial charge in [-0.1, -0.05) is 0 Å². The van der Waals surface area contributed by atoms with E-state index in [2.05, 4.69) is 0 Å². The molecular formula is C9H6F3NO. The van der Waals surface area contributed by atoms with Crippen molar-refractivity contribution in [3.05, 3.63) is 29.1 Å². The van der Waals surface area contributed by atoms with Gasteiger partial charge in [0.2, 0.25) is 5.82 Å². The summed E-state index contributed by atoms with van der Waals surface area (Å²) in [4.78, 5) is 0. The summed E-state index contributed by atoms with van der Waals surface area (Å²) in [6.45, 7) is 1.31. The molecule has 0 spiro atoms. The topological polar surface area (TPSA) is 44.0 Å². The van der Waals surface area contributed by atoms with Crippen LogP contribution in [0.4, 0.5) is 13.2 Å². The predicted octanol–water partition coefficient (Wildman–Crippen LogP) is 2.44. The number of phenolic OH excluding ortho intramolecular Hbond substituents is 1. The summed E-state index contributed by atoms with van der Waals surface area (Å²) in [6, 6.07) is 2.22. The summed E-state index contributed by atoms with van der Waals surface area (Å²) in [5, 5.41) is 17.3. The van der Waals surface area contributed by atoms with Crippen molar-refractivity contribution in [2.24, 2.45) is 0 Å². The van der Waals surface area contributed by atoms with Crippen LogP contribution in [0.3, 0.4) is 0 Å². The summed E-state index contributed by atoms with van der Waals surface area (Å²) in [5.74, 6) is -6.64. The molecule has 0 heterocycles.